The van der Waals surface area contributed by atoms with Gasteiger partial charge in [0.2, 0.25) is 0 Å². The van der Waals surface area contributed by atoms with Crippen molar-refractivity contribution in [3.8, 4) is 0 Å². The number of esters is 1. The Morgan fingerprint density at radius 3 is 2.62 bits per heavy atom. The maximum Gasteiger partial charge on any atom is 0.343 e. The van der Waals surface area contributed by atoms with Gasteiger partial charge < -0.3 is 14.4 Å². The number of carbonyl (C=O) groups is 1. The number of hydrogen-bond donors (Lipinski definition) is 1. The third kappa shape index (κ3) is 3.30. The molecule has 2 aromatic rings. The molecule has 0 unspecified atom stereocenters. The van der Waals surface area contributed by atoms with E-state index in [-0.39, 0.29) is 24.4 Å². The second kappa shape index (κ2) is 8.28. The van der Waals surface area contributed by atoms with E-state index in [4.69, 9.17) is 9.73 Å². The molecule has 6 nitrogen and oxygen atoms in total. The first-order chi connectivity index (χ1) is 15.3. The predicted molar refractivity (Wildman–Crippen MR) is 120 cm³/mol. The smallest absolute Gasteiger partial charge is 0.343 e. The van der Waals surface area contributed by atoms with Crippen LogP contribution in [0.4, 0.5) is 10.1 Å². The van der Waals surface area contributed by atoms with Crippen molar-refractivity contribution >= 4 is 17.4 Å². The average molecular weight is 441 g/mol. The van der Waals surface area contributed by atoms with Crippen LogP contribution in [0.2, 0.25) is 0 Å². The summed E-state index contributed by atoms with van der Waals surface area (Å²) in [4.78, 5) is 30.2. The molecule has 2 aliphatic heterocycles. The van der Waals surface area contributed by atoms with Gasteiger partial charge in [-0.3, -0.25) is 9.79 Å². The second-order valence-electron chi connectivity index (χ2n) is 8.54. The Bertz CT molecular complexity index is 1200. The quantitative estimate of drug-likeness (QED) is 0.713. The summed E-state index contributed by atoms with van der Waals surface area (Å²) in [6.45, 7) is 7.87. The Balaban J connectivity index is 1.91. The van der Waals surface area contributed by atoms with Gasteiger partial charge >= 0.3 is 5.97 Å². The first-order valence-corrected chi connectivity index (χ1v) is 11.3. The summed E-state index contributed by atoms with van der Waals surface area (Å²) in [5.74, 6) is -1.03. The van der Waals surface area contributed by atoms with Gasteiger partial charge in [-0.15, -0.1) is 0 Å². The van der Waals surface area contributed by atoms with Gasteiger partial charge in [0.15, 0.2) is 5.60 Å². The molecule has 0 aliphatic carbocycles. The molecule has 1 atom stereocenters. The molecular weight excluding hydrogens is 411 g/mol. The number of ether oxygens (including phenoxy) is 1. The normalized spacial score (nSPS) is 20.9. The fourth-order valence-electron chi connectivity index (χ4n) is 4.89. The molecule has 1 aromatic carbocycles. The van der Waals surface area contributed by atoms with E-state index in [9.17, 15) is 19.1 Å². The molecule has 3 heterocycles. The van der Waals surface area contributed by atoms with E-state index in [1.165, 1.54) is 6.07 Å². The summed E-state index contributed by atoms with van der Waals surface area (Å²) < 4.78 is 21.4. The summed E-state index contributed by atoms with van der Waals surface area (Å²) >= 11 is 0. The summed E-state index contributed by atoms with van der Waals surface area (Å²) in [5, 5.41) is 11.0. The highest BCUT2D eigenvalue weighted by Gasteiger charge is 2.45. The highest BCUT2D eigenvalue weighted by Crippen LogP contribution is 2.36. The lowest BCUT2D eigenvalue weighted by Crippen LogP contribution is -2.44. The van der Waals surface area contributed by atoms with Crippen LogP contribution in [-0.4, -0.2) is 21.4 Å². The molecule has 7 heteroatoms. The minimum absolute atomic E-state index is 0.0950. The van der Waals surface area contributed by atoms with Crippen LogP contribution in [0.5, 0.6) is 0 Å². The van der Waals surface area contributed by atoms with Gasteiger partial charge in [-0.05, 0) is 48.9 Å². The van der Waals surface area contributed by atoms with Gasteiger partial charge in [0.25, 0.3) is 5.56 Å². The number of pyridine rings is 1. The Labute approximate surface area is 186 Å². The number of fused-ring (bicyclic) bond motifs is 2. The first kappa shape index (κ1) is 22.4. The predicted octanol–water partition coefficient (Wildman–Crippen LogP) is 3.99. The third-order valence-electron chi connectivity index (χ3n) is 6.77. The van der Waals surface area contributed by atoms with Crippen LogP contribution in [0.15, 0.2) is 21.9 Å². The molecule has 1 N–H and O–H groups in total. The Morgan fingerprint density at radius 1 is 1.22 bits per heavy atom. The molecule has 0 amide bonds. The van der Waals surface area contributed by atoms with Crippen molar-refractivity contribution in [2.75, 3.05) is 0 Å². The molecule has 170 valence electrons. The number of aromatic nitrogens is 1. The van der Waals surface area contributed by atoms with Crippen molar-refractivity contribution in [2.24, 2.45) is 4.99 Å². The lowest BCUT2D eigenvalue weighted by atomic mass is 9.86. The van der Waals surface area contributed by atoms with Crippen LogP contribution in [0.3, 0.4) is 0 Å². The fourth-order valence-corrected chi connectivity index (χ4v) is 4.89. The summed E-state index contributed by atoms with van der Waals surface area (Å²) in [7, 11) is 0. The largest absolute Gasteiger partial charge is 0.458 e. The first-order valence-electron chi connectivity index (χ1n) is 11.3. The molecule has 0 saturated carbocycles. The van der Waals surface area contributed by atoms with Crippen LogP contribution >= 0.6 is 0 Å². The molecule has 32 heavy (non-hydrogen) atoms. The second-order valence-corrected chi connectivity index (χ2v) is 8.54. The lowest BCUT2D eigenvalue weighted by Gasteiger charge is -2.31. The Hall–Kier alpha value is -2.80. The van der Waals surface area contributed by atoms with Crippen molar-refractivity contribution in [3.05, 3.63) is 61.8 Å². The molecular formula is C25H29FN2O4. The van der Waals surface area contributed by atoms with Crippen molar-refractivity contribution < 1.29 is 19.0 Å². The summed E-state index contributed by atoms with van der Waals surface area (Å²) in [6, 6.07) is 3.16. The monoisotopic (exact) mass is 440 g/mol. The van der Waals surface area contributed by atoms with Gasteiger partial charge in [0.05, 0.1) is 22.7 Å². The van der Waals surface area contributed by atoms with Crippen molar-refractivity contribution in [3.63, 3.8) is 0 Å². The van der Waals surface area contributed by atoms with Crippen LogP contribution in [-0.2, 0) is 41.1 Å². The number of rotatable bonds is 5. The van der Waals surface area contributed by atoms with E-state index in [0.717, 1.165) is 30.4 Å². The molecule has 4 rings (SSSR count). The standard InChI is InChI=1S/C25H29FN2O4/c1-5-8-16-14(4)19(26)12-21(15(16)6-2)27-20-9-10-28-22(20)11-18-17(23(28)29)13-32-24(30)25(18,31)7-3/h11-12,31H,5-10,13H2,1-4H3/t25-/m0/s1. The summed E-state index contributed by atoms with van der Waals surface area (Å²) in [6.07, 6.45) is 3.02. The molecule has 1 aromatic heterocycles. The molecule has 0 fully saturated rings. The number of aliphatic hydroxyl groups is 1. The number of carbonyl (C=O) groups excluding carboxylic acids is 1. The Morgan fingerprint density at radius 2 is 1.97 bits per heavy atom. The maximum atomic E-state index is 14.7. The van der Waals surface area contributed by atoms with Crippen molar-refractivity contribution in [1.82, 2.24) is 4.57 Å². The molecule has 0 saturated heterocycles. The number of benzene rings is 1. The molecule has 0 spiro atoms. The number of aliphatic imine (C=N–C) groups is 1. The number of halogens is 1. The Kier molecular flexibility index (Phi) is 5.79. The highest BCUT2D eigenvalue weighted by atomic mass is 19.1. The number of nitrogens with zero attached hydrogens (tertiary/aromatic N) is 2. The van der Waals surface area contributed by atoms with Gasteiger partial charge in [-0.25, -0.2) is 9.18 Å². The molecule has 2 aliphatic rings. The van der Waals surface area contributed by atoms with E-state index < -0.39 is 11.6 Å². The molecule has 0 bridgehead atoms. The zero-order valence-electron chi connectivity index (χ0n) is 19.0. The van der Waals surface area contributed by atoms with Crippen LogP contribution in [0.1, 0.15) is 73.5 Å². The third-order valence-corrected chi connectivity index (χ3v) is 6.77. The zero-order chi connectivity index (χ0) is 23.2. The van der Waals surface area contributed by atoms with Crippen molar-refractivity contribution in [2.45, 2.75) is 78.6 Å². The summed E-state index contributed by atoms with van der Waals surface area (Å²) in [5.41, 5.74) is 2.95. The van der Waals surface area contributed by atoms with E-state index in [1.54, 1.807) is 24.5 Å². The molecule has 0 radical (unpaired) electrons. The SMILES string of the molecule is CCCc1c(C)c(F)cc(N=C2CCn3c2cc2c(c3=O)COC(=O)[C@]2(O)CC)c1CC. The van der Waals surface area contributed by atoms with Gasteiger partial charge in [0, 0.05) is 24.6 Å². The van der Waals surface area contributed by atoms with E-state index in [1.807, 2.05) is 6.92 Å². The van der Waals surface area contributed by atoms with E-state index >= 15 is 0 Å². The van der Waals surface area contributed by atoms with Gasteiger partial charge in [0.1, 0.15) is 12.4 Å². The minimum Gasteiger partial charge on any atom is -0.458 e. The highest BCUT2D eigenvalue weighted by molar-refractivity contribution is 6.03. The number of cyclic esters (lactones) is 1. The number of hydrogen-bond acceptors (Lipinski definition) is 5. The van der Waals surface area contributed by atoms with Crippen molar-refractivity contribution in [1.29, 1.82) is 0 Å². The topological polar surface area (TPSA) is 80.9 Å². The average Bonchev–Trinajstić information content (AvgIpc) is 3.18. The van der Waals surface area contributed by atoms with Gasteiger partial charge in [-0.2, -0.15) is 0 Å². The van der Waals surface area contributed by atoms with E-state index in [2.05, 4.69) is 6.92 Å². The lowest BCUT2D eigenvalue weighted by molar-refractivity contribution is -0.172. The van der Waals surface area contributed by atoms with Crippen LogP contribution in [0.25, 0.3) is 0 Å². The maximum absolute atomic E-state index is 14.7. The zero-order valence-corrected chi connectivity index (χ0v) is 19.0. The van der Waals surface area contributed by atoms with Crippen LogP contribution < -0.4 is 5.56 Å². The van der Waals surface area contributed by atoms with Gasteiger partial charge in [-0.1, -0.05) is 27.2 Å². The van der Waals surface area contributed by atoms with Crippen LogP contribution in [0, 0.1) is 12.7 Å². The minimum atomic E-state index is -1.85. The fraction of sp³-hybridized carbons (Fsp3) is 0.480. The van der Waals surface area contributed by atoms with E-state index in [0.29, 0.717) is 46.7 Å².